The Balaban J connectivity index is 1.17. The van der Waals surface area contributed by atoms with Crippen molar-refractivity contribution in [2.45, 2.75) is 18.0 Å². The van der Waals surface area contributed by atoms with Gasteiger partial charge in [-0.15, -0.1) is 0 Å². The van der Waals surface area contributed by atoms with Gasteiger partial charge in [-0.3, -0.25) is 0 Å². The van der Waals surface area contributed by atoms with Crippen LogP contribution < -0.4 is 10.2 Å². The summed E-state index contributed by atoms with van der Waals surface area (Å²) in [6.07, 6.45) is 0. The Bertz CT molecular complexity index is 1210. The Hall–Kier alpha value is -3.36. The lowest BCUT2D eigenvalue weighted by molar-refractivity contribution is 0.212. The molecule has 0 aromatic heterocycles. The Morgan fingerprint density at radius 1 is 0.727 bits per heavy atom. The van der Waals surface area contributed by atoms with Crippen LogP contribution in [0, 0.1) is 0 Å². The molecule has 0 bridgehead atoms. The fourth-order valence-electron chi connectivity index (χ4n) is 4.36. The molecule has 2 aliphatic heterocycles. The molecule has 5 rings (SSSR count). The molecule has 0 unspecified atom stereocenters. The highest BCUT2D eigenvalue weighted by Crippen LogP contribution is 2.25. The number of amides is 2. The number of benzene rings is 3. The largest absolute Gasteiger partial charge is 0.369 e. The number of carbonyl (C=O) groups excluding carboxylic acids is 1. The quantitative estimate of drug-likeness (QED) is 0.641. The molecule has 3 aromatic rings. The van der Waals surface area contributed by atoms with Crippen LogP contribution >= 0.6 is 0 Å². The molecule has 1 fully saturated rings. The van der Waals surface area contributed by atoms with Gasteiger partial charge in [0.25, 0.3) is 0 Å². The van der Waals surface area contributed by atoms with E-state index in [4.69, 9.17) is 0 Å². The zero-order chi connectivity index (χ0) is 22.8. The molecule has 1 N–H and O–H groups in total. The number of hydrogen-bond acceptors (Lipinski definition) is 4. The number of urea groups is 1. The molecule has 8 heteroatoms. The molecule has 0 spiro atoms. The first-order chi connectivity index (χ1) is 16.0. The van der Waals surface area contributed by atoms with Gasteiger partial charge in [0.15, 0.2) is 0 Å². The molecule has 33 heavy (non-hydrogen) atoms. The number of nitrogens with zero attached hydrogens (tertiary/aromatic N) is 3. The summed E-state index contributed by atoms with van der Waals surface area (Å²) in [7, 11) is -3.46. The second-order valence-corrected chi connectivity index (χ2v) is 10.2. The van der Waals surface area contributed by atoms with Crippen molar-refractivity contribution in [1.29, 1.82) is 0 Å². The van der Waals surface area contributed by atoms with Crippen molar-refractivity contribution in [3.8, 4) is 0 Å². The number of nitrogens with one attached hydrogen (secondary N) is 1. The maximum Gasteiger partial charge on any atom is 0.322 e. The van der Waals surface area contributed by atoms with Gasteiger partial charge in [0.1, 0.15) is 0 Å². The summed E-state index contributed by atoms with van der Waals surface area (Å²) >= 11 is 0. The van der Waals surface area contributed by atoms with Crippen LogP contribution in [-0.4, -0.2) is 49.8 Å². The number of sulfonamides is 1. The first-order valence-corrected chi connectivity index (χ1v) is 12.5. The fourth-order valence-corrected chi connectivity index (χ4v) is 5.81. The molecule has 0 atom stereocenters. The van der Waals surface area contributed by atoms with Gasteiger partial charge in [-0.1, -0.05) is 42.5 Å². The molecule has 2 heterocycles. The summed E-state index contributed by atoms with van der Waals surface area (Å²) in [6, 6.07) is 24.3. The molecule has 7 nitrogen and oxygen atoms in total. The van der Waals surface area contributed by atoms with Crippen molar-refractivity contribution in [3.05, 3.63) is 90.0 Å². The summed E-state index contributed by atoms with van der Waals surface area (Å²) in [4.78, 5) is 17.0. The molecule has 170 valence electrons. The monoisotopic (exact) mass is 462 g/mol. The molecule has 0 radical (unpaired) electrons. The lowest BCUT2D eigenvalue weighted by Gasteiger charge is -2.35. The topological polar surface area (TPSA) is 73.0 Å². The highest BCUT2D eigenvalue weighted by molar-refractivity contribution is 7.89. The van der Waals surface area contributed by atoms with Crippen molar-refractivity contribution in [1.82, 2.24) is 9.21 Å². The SMILES string of the molecule is O=C(Nc1ccc(N2CCN(S(=O)(=O)c3ccccc3)CC2)cc1)N1Cc2ccccc2C1. The van der Waals surface area contributed by atoms with E-state index in [-0.39, 0.29) is 6.03 Å². The van der Waals surface area contributed by atoms with E-state index in [1.165, 1.54) is 11.1 Å². The average Bonchev–Trinajstić information content (AvgIpc) is 3.30. The third-order valence-corrected chi connectivity index (χ3v) is 8.14. The normalized spacial score (nSPS) is 16.5. The maximum absolute atomic E-state index is 12.8. The number of carbonyl (C=O) groups is 1. The Kier molecular flexibility index (Phi) is 5.78. The lowest BCUT2D eigenvalue weighted by Crippen LogP contribution is -2.48. The van der Waals surface area contributed by atoms with E-state index in [1.54, 1.807) is 33.5 Å². The van der Waals surface area contributed by atoms with E-state index >= 15 is 0 Å². The number of anilines is 2. The molecule has 1 saturated heterocycles. The minimum atomic E-state index is -3.46. The van der Waals surface area contributed by atoms with Gasteiger partial charge in [-0.25, -0.2) is 13.2 Å². The Morgan fingerprint density at radius 3 is 1.91 bits per heavy atom. The van der Waals surface area contributed by atoms with Crippen LogP contribution in [0.3, 0.4) is 0 Å². The first-order valence-electron chi connectivity index (χ1n) is 11.0. The van der Waals surface area contributed by atoms with E-state index in [2.05, 4.69) is 22.3 Å². The van der Waals surface area contributed by atoms with E-state index < -0.39 is 10.0 Å². The van der Waals surface area contributed by atoms with Crippen LogP contribution in [0.15, 0.2) is 83.8 Å². The number of hydrogen-bond donors (Lipinski definition) is 1. The van der Waals surface area contributed by atoms with E-state index in [0.29, 0.717) is 44.2 Å². The molecule has 0 aliphatic carbocycles. The molecule has 3 aromatic carbocycles. The van der Waals surface area contributed by atoms with E-state index in [1.807, 2.05) is 42.5 Å². The van der Waals surface area contributed by atoms with Gasteiger partial charge in [-0.2, -0.15) is 4.31 Å². The van der Waals surface area contributed by atoms with Crippen LogP contribution in [0.1, 0.15) is 11.1 Å². The standard InChI is InChI=1S/C25H26N4O3S/c30-25(28-18-20-6-4-5-7-21(20)19-28)26-22-10-12-23(13-11-22)27-14-16-29(17-15-27)33(31,32)24-8-2-1-3-9-24/h1-13H,14-19H2,(H,26,30). The minimum absolute atomic E-state index is 0.112. The van der Waals surface area contributed by atoms with Crippen molar-refractivity contribution < 1.29 is 13.2 Å². The Morgan fingerprint density at radius 2 is 1.30 bits per heavy atom. The zero-order valence-corrected chi connectivity index (χ0v) is 19.0. The molecule has 0 saturated carbocycles. The van der Waals surface area contributed by atoms with Gasteiger partial charge in [0.2, 0.25) is 10.0 Å². The van der Waals surface area contributed by atoms with Crippen molar-refractivity contribution in [2.75, 3.05) is 36.4 Å². The van der Waals surface area contributed by atoms with Gasteiger partial charge < -0.3 is 15.1 Å². The fraction of sp³-hybridized carbons (Fsp3) is 0.240. The summed E-state index contributed by atoms with van der Waals surface area (Å²) in [5.41, 5.74) is 4.14. The summed E-state index contributed by atoms with van der Waals surface area (Å²) in [5, 5.41) is 2.97. The zero-order valence-electron chi connectivity index (χ0n) is 18.2. The van der Waals surface area contributed by atoms with Gasteiger partial charge >= 0.3 is 6.03 Å². The molecular weight excluding hydrogens is 436 g/mol. The second kappa shape index (κ2) is 8.88. The van der Waals surface area contributed by atoms with Crippen LogP contribution in [0.25, 0.3) is 0 Å². The smallest absolute Gasteiger partial charge is 0.322 e. The van der Waals surface area contributed by atoms with Crippen LogP contribution in [0.2, 0.25) is 0 Å². The van der Waals surface area contributed by atoms with Gasteiger partial charge in [0.05, 0.1) is 4.90 Å². The van der Waals surface area contributed by atoms with Crippen LogP contribution in [0.5, 0.6) is 0 Å². The van der Waals surface area contributed by atoms with E-state index in [0.717, 1.165) is 11.4 Å². The molecule has 2 amide bonds. The van der Waals surface area contributed by atoms with Crippen molar-refractivity contribution in [2.24, 2.45) is 0 Å². The van der Waals surface area contributed by atoms with Crippen LogP contribution in [-0.2, 0) is 23.1 Å². The Labute approximate surface area is 194 Å². The number of fused-ring (bicyclic) bond motifs is 1. The van der Waals surface area contributed by atoms with Gasteiger partial charge in [-0.05, 0) is 47.5 Å². The average molecular weight is 463 g/mol. The minimum Gasteiger partial charge on any atom is -0.369 e. The first kappa shape index (κ1) is 21.5. The predicted molar refractivity (Wildman–Crippen MR) is 129 cm³/mol. The van der Waals surface area contributed by atoms with Gasteiger partial charge in [0, 0.05) is 50.6 Å². The second-order valence-electron chi connectivity index (χ2n) is 8.31. The highest BCUT2D eigenvalue weighted by atomic mass is 32.2. The summed E-state index contributed by atoms with van der Waals surface area (Å²) < 4.78 is 27.2. The summed E-state index contributed by atoms with van der Waals surface area (Å²) in [6.45, 7) is 3.34. The van der Waals surface area contributed by atoms with E-state index in [9.17, 15) is 13.2 Å². The number of rotatable bonds is 4. The highest BCUT2D eigenvalue weighted by Gasteiger charge is 2.28. The van der Waals surface area contributed by atoms with Crippen molar-refractivity contribution in [3.63, 3.8) is 0 Å². The molecule has 2 aliphatic rings. The third kappa shape index (κ3) is 4.44. The lowest BCUT2D eigenvalue weighted by atomic mass is 10.1. The number of piperazine rings is 1. The third-order valence-electron chi connectivity index (χ3n) is 6.23. The molecular formula is C25H26N4O3S. The van der Waals surface area contributed by atoms with Crippen molar-refractivity contribution >= 4 is 27.4 Å². The predicted octanol–water partition coefficient (Wildman–Crippen LogP) is 3.75. The maximum atomic E-state index is 12.8. The van der Waals surface area contributed by atoms with Crippen LogP contribution in [0.4, 0.5) is 16.2 Å². The summed E-state index contributed by atoms with van der Waals surface area (Å²) in [5.74, 6) is 0.